The number of carbonyl (C=O) groups is 1. The first kappa shape index (κ1) is 15.3. The first-order valence-corrected chi connectivity index (χ1v) is 8.40. The molecule has 1 aliphatic heterocycles. The van der Waals surface area contributed by atoms with Crippen LogP contribution in [0.4, 0.5) is 0 Å². The zero-order valence-electron chi connectivity index (χ0n) is 13.7. The van der Waals surface area contributed by atoms with Gasteiger partial charge in [-0.3, -0.25) is 4.79 Å². The lowest BCUT2D eigenvalue weighted by atomic mass is 9.91. The molecule has 0 aromatic heterocycles. The maximum Gasteiger partial charge on any atom is 0.263 e. The number of rotatable bonds is 3. The lowest BCUT2D eigenvalue weighted by molar-refractivity contribution is -0.139. The number of benzene rings is 1. The number of piperazine rings is 1. The summed E-state index contributed by atoms with van der Waals surface area (Å²) in [5.74, 6) is 1.02. The minimum atomic E-state index is -0.406. The molecule has 0 radical (unpaired) electrons. The first-order valence-electron chi connectivity index (χ1n) is 8.40. The Morgan fingerprint density at radius 2 is 1.86 bits per heavy atom. The predicted molar refractivity (Wildman–Crippen MR) is 87.3 cm³/mol. The normalized spacial score (nSPS) is 20.4. The smallest absolute Gasteiger partial charge is 0.263 e. The van der Waals surface area contributed by atoms with Crippen LogP contribution in [-0.2, 0) is 17.6 Å². The molecule has 1 heterocycles. The number of amides is 1. The summed E-state index contributed by atoms with van der Waals surface area (Å²) >= 11 is 0. The van der Waals surface area contributed by atoms with Gasteiger partial charge in [0, 0.05) is 26.2 Å². The van der Waals surface area contributed by atoms with Crippen LogP contribution >= 0.6 is 0 Å². The summed E-state index contributed by atoms with van der Waals surface area (Å²) in [5.41, 5.74) is 2.70. The molecule has 1 aliphatic carbocycles. The molecule has 4 nitrogen and oxygen atoms in total. The molecule has 2 aliphatic rings. The van der Waals surface area contributed by atoms with Crippen LogP contribution in [0, 0.1) is 0 Å². The van der Waals surface area contributed by atoms with E-state index in [2.05, 4.69) is 18.0 Å². The fourth-order valence-electron chi connectivity index (χ4n) is 3.38. The van der Waals surface area contributed by atoms with Crippen molar-refractivity contribution in [3.63, 3.8) is 0 Å². The van der Waals surface area contributed by atoms with E-state index in [0.717, 1.165) is 44.8 Å². The average molecular weight is 302 g/mol. The Kier molecular flexibility index (Phi) is 4.67. The molecule has 1 aromatic rings. The van der Waals surface area contributed by atoms with Gasteiger partial charge in [0.2, 0.25) is 0 Å². The van der Waals surface area contributed by atoms with E-state index in [0.29, 0.717) is 0 Å². The standard InChI is InChI=1S/C18H26N2O2/c1-14(18(21)20-12-10-19(2)11-13-20)22-17-9-5-7-15-6-3-4-8-16(15)17/h5,7,9,14H,3-4,6,8,10-13H2,1-2H3/t14-/m0/s1. The maximum atomic E-state index is 12.6. The number of ether oxygens (including phenoxy) is 1. The van der Waals surface area contributed by atoms with Gasteiger partial charge in [0.25, 0.3) is 5.91 Å². The van der Waals surface area contributed by atoms with Crippen molar-refractivity contribution in [3.8, 4) is 5.75 Å². The highest BCUT2D eigenvalue weighted by Gasteiger charge is 2.26. The minimum Gasteiger partial charge on any atom is -0.481 e. The molecule has 0 N–H and O–H groups in total. The van der Waals surface area contributed by atoms with Crippen molar-refractivity contribution in [3.05, 3.63) is 29.3 Å². The Morgan fingerprint density at radius 3 is 2.64 bits per heavy atom. The van der Waals surface area contributed by atoms with Crippen LogP contribution in [0.3, 0.4) is 0 Å². The second kappa shape index (κ2) is 6.69. The second-order valence-corrected chi connectivity index (χ2v) is 6.49. The van der Waals surface area contributed by atoms with Gasteiger partial charge >= 0.3 is 0 Å². The number of hydrogen-bond acceptors (Lipinski definition) is 3. The van der Waals surface area contributed by atoms with E-state index >= 15 is 0 Å². The number of nitrogens with zero attached hydrogens (tertiary/aromatic N) is 2. The summed E-state index contributed by atoms with van der Waals surface area (Å²) in [7, 11) is 2.10. The first-order chi connectivity index (χ1) is 10.6. The van der Waals surface area contributed by atoms with E-state index in [1.807, 2.05) is 24.0 Å². The molecule has 22 heavy (non-hydrogen) atoms. The highest BCUT2D eigenvalue weighted by molar-refractivity contribution is 5.81. The monoisotopic (exact) mass is 302 g/mol. The summed E-state index contributed by atoms with van der Waals surface area (Å²) < 4.78 is 6.05. The third-order valence-corrected chi connectivity index (χ3v) is 4.82. The van der Waals surface area contributed by atoms with Crippen LogP contribution in [0.15, 0.2) is 18.2 Å². The Balaban J connectivity index is 1.66. The molecule has 3 rings (SSSR count). The van der Waals surface area contributed by atoms with Crippen LogP contribution < -0.4 is 4.74 Å². The number of likely N-dealkylation sites (N-methyl/N-ethyl adjacent to an activating group) is 1. The van der Waals surface area contributed by atoms with Gasteiger partial charge in [-0.2, -0.15) is 0 Å². The van der Waals surface area contributed by atoms with E-state index < -0.39 is 6.10 Å². The van der Waals surface area contributed by atoms with Gasteiger partial charge in [-0.1, -0.05) is 12.1 Å². The van der Waals surface area contributed by atoms with E-state index in [9.17, 15) is 4.79 Å². The fraction of sp³-hybridized carbons (Fsp3) is 0.611. The lowest BCUT2D eigenvalue weighted by Crippen LogP contribution is -2.50. The zero-order chi connectivity index (χ0) is 15.5. The number of carbonyl (C=O) groups excluding carboxylic acids is 1. The third kappa shape index (κ3) is 3.27. The fourth-order valence-corrected chi connectivity index (χ4v) is 3.38. The topological polar surface area (TPSA) is 32.8 Å². The van der Waals surface area contributed by atoms with Crippen molar-refractivity contribution in [1.29, 1.82) is 0 Å². The molecule has 0 bridgehead atoms. The number of aryl methyl sites for hydroxylation is 1. The summed E-state index contributed by atoms with van der Waals surface area (Å²) in [6.45, 7) is 5.37. The van der Waals surface area contributed by atoms with Crippen LogP contribution in [0.2, 0.25) is 0 Å². The van der Waals surface area contributed by atoms with E-state index in [1.165, 1.54) is 24.0 Å². The SMILES string of the molecule is C[C@H](Oc1cccc2c1CCCC2)C(=O)N1CCN(C)CC1. The van der Waals surface area contributed by atoms with E-state index in [1.54, 1.807) is 0 Å². The lowest BCUT2D eigenvalue weighted by Gasteiger charge is -2.34. The van der Waals surface area contributed by atoms with Gasteiger partial charge in [-0.25, -0.2) is 0 Å². The highest BCUT2D eigenvalue weighted by Crippen LogP contribution is 2.30. The summed E-state index contributed by atoms with van der Waals surface area (Å²) in [5, 5.41) is 0. The van der Waals surface area contributed by atoms with E-state index in [4.69, 9.17) is 4.74 Å². The van der Waals surface area contributed by atoms with Gasteiger partial charge in [0.15, 0.2) is 6.10 Å². The zero-order valence-corrected chi connectivity index (χ0v) is 13.7. The molecule has 1 aromatic carbocycles. The summed E-state index contributed by atoms with van der Waals surface area (Å²) in [6, 6.07) is 6.25. The largest absolute Gasteiger partial charge is 0.481 e. The van der Waals surface area contributed by atoms with Crippen molar-refractivity contribution >= 4 is 5.91 Å². The summed E-state index contributed by atoms with van der Waals surface area (Å²) in [4.78, 5) is 16.7. The molecule has 1 atom stereocenters. The quantitative estimate of drug-likeness (QED) is 0.857. The molecule has 1 saturated heterocycles. The van der Waals surface area contributed by atoms with Gasteiger partial charge < -0.3 is 14.5 Å². The minimum absolute atomic E-state index is 0.113. The molecule has 1 fully saturated rings. The average Bonchev–Trinajstić information content (AvgIpc) is 2.55. The maximum absolute atomic E-state index is 12.6. The van der Waals surface area contributed by atoms with Gasteiger partial charge in [0.05, 0.1) is 0 Å². The van der Waals surface area contributed by atoms with Gasteiger partial charge in [-0.05, 0) is 56.8 Å². The van der Waals surface area contributed by atoms with Crippen LogP contribution in [-0.4, -0.2) is 55.0 Å². The highest BCUT2D eigenvalue weighted by atomic mass is 16.5. The molecule has 0 unspecified atom stereocenters. The van der Waals surface area contributed by atoms with Gasteiger partial charge in [-0.15, -0.1) is 0 Å². The van der Waals surface area contributed by atoms with Crippen molar-refractivity contribution in [2.75, 3.05) is 33.2 Å². The number of hydrogen-bond donors (Lipinski definition) is 0. The number of fused-ring (bicyclic) bond motifs is 1. The summed E-state index contributed by atoms with van der Waals surface area (Å²) in [6.07, 6.45) is 4.27. The van der Waals surface area contributed by atoms with Crippen molar-refractivity contribution < 1.29 is 9.53 Å². The van der Waals surface area contributed by atoms with Gasteiger partial charge in [0.1, 0.15) is 5.75 Å². The van der Waals surface area contributed by atoms with E-state index in [-0.39, 0.29) is 5.91 Å². The van der Waals surface area contributed by atoms with Crippen molar-refractivity contribution in [2.45, 2.75) is 38.7 Å². The molecule has 4 heteroatoms. The molecule has 0 saturated carbocycles. The Bertz CT molecular complexity index is 536. The molecule has 0 spiro atoms. The van der Waals surface area contributed by atoms with Crippen molar-refractivity contribution in [2.24, 2.45) is 0 Å². The Hall–Kier alpha value is -1.55. The molecule has 1 amide bonds. The Labute approximate surface area is 133 Å². The predicted octanol–water partition coefficient (Wildman–Crippen LogP) is 2.11. The van der Waals surface area contributed by atoms with Crippen LogP contribution in [0.25, 0.3) is 0 Å². The second-order valence-electron chi connectivity index (χ2n) is 6.49. The van der Waals surface area contributed by atoms with Crippen molar-refractivity contribution in [1.82, 2.24) is 9.80 Å². The molecule has 120 valence electrons. The molecular formula is C18H26N2O2. The Morgan fingerprint density at radius 1 is 1.14 bits per heavy atom. The van der Waals surface area contributed by atoms with Crippen LogP contribution in [0.5, 0.6) is 5.75 Å². The third-order valence-electron chi connectivity index (χ3n) is 4.82. The van der Waals surface area contributed by atoms with Crippen LogP contribution in [0.1, 0.15) is 30.9 Å². The molecular weight excluding hydrogens is 276 g/mol.